The van der Waals surface area contributed by atoms with Crippen molar-refractivity contribution in [2.75, 3.05) is 0 Å². The third kappa shape index (κ3) is 3.13. The summed E-state index contributed by atoms with van der Waals surface area (Å²) in [5, 5.41) is 55.2. The van der Waals surface area contributed by atoms with E-state index in [9.17, 15) is 29.7 Å². The first kappa shape index (κ1) is 16.1. The molecule has 0 bridgehead atoms. The van der Waals surface area contributed by atoms with Crippen LogP contribution in [0.4, 0.5) is 0 Å². The number of aliphatic hydroxyl groups is 3. The van der Waals surface area contributed by atoms with E-state index < -0.39 is 54.5 Å². The molecule has 0 amide bonds. The van der Waals surface area contributed by atoms with E-state index >= 15 is 0 Å². The lowest BCUT2D eigenvalue weighted by atomic mass is 9.80. The van der Waals surface area contributed by atoms with Gasteiger partial charge >= 0.3 is 17.9 Å². The van der Waals surface area contributed by atoms with E-state index in [1.807, 2.05) is 0 Å². The Morgan fingerprint density at radius 1 is 1.20 bits per heavy atom. The van der Waals surface area contributed by atoms with E-state index in [1.54, 1.807) is 0 Å². The van der Waals surface area contributed by atoms with Gasteiger partial charge in [0.1, 0.15) is 6.10 Å². The molecule has 1 aliphatic carbocycles. The number of rotatable bonds is 5. The highest BCUT2D eigenvalue weighted by atomic mass is 16.4. The number of carbonyl (C=O) groups is 3. The first-order chi connectivity index (χ1) is 9.08. The monoisotopic (exact) mass is 290 g/mol. The molecule has 0 aliphatic heterocycles. The predicted molar refractivity (Wildman–Crippen MR) is 60.7 cm³/mol. The molecule has 0 heterocycles. The molecule has 9 nitrogen and oxygen atoms in total. The quantitative estimate of drug-likeness (QED) is 0.248. The van der Waals surface area contributed by atoms with Crippen molar-refractivity contribution < 1.29 is 45.0 Å². The van der Waals surface area contributed by atoms with Gasteiger partial charge in [-0.25, -0.2) is 4.79 Å². The summed E-state index contributed by atoms with van der Waals surface area (Å²) in [6.07, 6.45) is -3.99. The van der Waals surface area contributed by atoms with E-state index in [4.69, 9.17) is 15.3 Å². The minimum atomic E-state index is -2.48. The molecule has 0 aromatic carbocycles. The molecule has 0 fully saturated rings. The molecule has 9 heteroatoms. The Balaban J connectivity index is 3.12. The molecular formula is C11H14O9. The average molecular weight is 290 g/mol. The Morgan fingerprint density at radius 3 is 2.10 bits per heavy atom. The van der Waals surface area contributed by atoms with E-state index in [2.05, 4.69) is 0 Å². The van der Waals surface area contributed by atoms with Crippen molar-refractivity contribution in [1.82, 2.24) is 0 Å². The zero-order valence-electron chi connectivity index (χ0n) is 10.1. The van der Waals surface area contributed by atoms with Crippen molar-refractivity contribution in [3.05, 3.63) is 11.6 Å². The van der Waals surface area contributed by atoms with Gasteiger partial charge in [-0.2, -0.15) is 0 Å². The molecule has 1 rings (SSSR count). The summed E-state index contributed by atoms with van der Waals surface area (Å²) < 4.78 is 0. The Hall–Kier alpha value is -1.97. The van der Waals surface area contributed by atoms with Crippen molar-refractivity contribution >= 4 is 17.9 Å². The van der Waals surface area contributed by atoms with Crippen LogP contribution in [0.2, 0.25) is 0 Å². The summed E-state index contributed by atoms with van der Waals surface area (Å²) in [6.45, 7) is 0. The molecule has 0 saturated carbocycles. The first-order valence-electron chi connectivity index (χ1n) is 5.57. The predicted octanol–water partition coefficient (Wildman–Crippen LogP) is -1.97. The number of hydrogen-bond acceptors (Lipinski definition) is 6. The summed E-state index contributed by atoms with van der Waals surface area (Å²) >= 11 is 0. The maximum absolute atomic E-state index is 10.9. The first-order valence-corrected chi connectivity index (χ1v) is 5.57. The van der Waals surface area contributed by atoms with Crippen LogP contribution in [0.5, 0.6) is 0 Å². The average Bonchev–Trinajstić information content (AvgIpc) is 2.30. The lowest BCUT2D eigenvalue weighted by Gasteiger charge is -2.33. The Kier molecular flexibility index (Phi) is 4.48. The van der Waals surface area contributed by atoms with Gasteiger partial charge < -0.3 is 30.6 Å². The minimum absolute atomic E-state index is 0.344. The van der Waals surface area contributed by atoms with Gasteiger partial charge in [-0.3, -0.25) is 9.59 Å². The molecule has 0 spiro atoms. The van der Waals surface area contributed by atoms with Gasteiger partial charge in [-0.15, -0.1) is 0 Å². The normalized spacial score (nSPS) is 29.9. The second-order valence-corrected chi connectivity index (χ2v) is 4.60. The number of carboxylic acids is 3. The minimum Gasteiger partial charge on any atom is -0.481 e. The van der Waals surface area contributed by atoms with E-state index in [0.29, 0.717) is 6.08 Å². The zero-order valence-corrected chi connectivity index (χ0v) is 10.1. The molecule has 6 N–H and O–H groups in total. The summed E-state index contributed by atoms with van der Waals surface area (Å²) in [7, 11) is 0. The smallest absolute Gasteiger partial charge is 0.339 e. The van der Waals surface area contributed by atoms with Gasteiger partial charge in [0.05, 0.1) is 6.10 Å². The lowest BCUT2D eigenvalue weighted by Crippen LogP contribution is -2.48. The highest BCUT2D eigenvalue weighted by molar-refractivity contribution is 5.93. The SMILES string of the molecule is O=C(O)C(CC1=C[C@@](O)(C(=O)O)C[C@@H](O)[C@@H]1O)C(=O)O. The molecular weight excluding hydrogens is 276 g/mol. The molecule has 20 heavy (non-hydrogen) atoms. The van der Waals surface area contributed by atoms with Gasteiger partial charge in [0, 0.05) is 6.42 Å². The van der Waals surface area contributed by atoms with Gasteiger partial charge in [-0.05, 0) is 18.1 Å². The van der Waals surface area contributed by atoms with Crippen LogP contribution in [0.15, 0.2) is 11.6 Å². The van der Waals surface area contributed by atoms with Crippen LogP contribution >= 0.6 is 0 Å². The van der Waals surface area contributed by atoms with E-state index in [0.717, 1.165) is 0 Å². The Morgan fingerprint density at radius 2 is 1.70 bits per heavy atom. The molecule has 0 saturated heterocycles. The number of aliphatic carboxylic acids is 3. The zero-order chi connectivity index (χ0) is 15.7. The van der Waals surface area contributed by atoms with E-state index in [1.165, 1.54) is 0 Å². The fourth-order valence-electron chi connectivity index (χ4n) is 1.97. The third-order valence-corrected chi connectivity index (χ3v) is 3.10. The number of aliphatic hydroxyl groups excluding tert-OH is 2. The number of carboxylic acid groups (broad SMARTS) is 3. The Labute approximate surface area is 112 Å². The summed E-state index contributed by atoms with van der Waals surface area (Å²) in [5.41, 5.74) is -2.82. The van der Waals surface area contributed by atoms with Crippen molar-refractivity contribution in [2.24, 2.45) is 5.92 Å². The van der Waals surface area contributed by atoms with Gasteiger partial charge in [0.2, 0.25) is 0 Å². The molecule has 3 atom stereocenters. The van der Waals surface area contributed by atoms with Crippen LogP contribution < -0.4 is 0 Å². The Bertz CT molecular complexity index is 455. The van der Waals surface area contributed by atoms with Crippen molar-refractivity contribution in [3.8, 4) is 0 Å². The molecule has 1 aliphatic rings. The van der Waals surface area contributed by atoms with Gasteiger partial charge in [-0.1, -0.05) is 0 Å². The summed E-state index contributed by atoms with van der Waals surface area (Å²) in [5.74, 6) is -6.96. The van der Waals surface area contributed by atoms with E-state index in [-0.39, 0.29) is 5.57 Å². The summed E-state index contributed by atoms with van der Waals surface area (Å²) in [4.78, 5) is 32.4. The lowest BCUT2D eigenvalue weighted by molar-refractivity contribution is -0.158. The second kappa shape index (κ2) is 5.57. The van der Waals surface area contributed by atoms with Crippen LogP contribution in [0, 0.1) is 5.92 Å². The standard InChI is InChI=1S/C11H14O9/c12-6-3-11(20,10(18)19)2-4(7(6)13)1-5(8(14)15)9(16)17/h2,5-7,12-13,20H,1,3H2,(H,14,15)(H,16,17)(H,18,19)/t6-,7-,11+/m1/s1. The molecule has 112 valence electrons. The largest absolute Gasteiger partial charge is 0.481 e. The fourth-order valence-corrected chi connectivity index (χ4v) is 1.97. The van der Waals surface area contributed by atoms with Crippen molar-refractivity contribution in [3.63, 3.8) is 0 Å². The van der Waals surface area contributed by atoms with Crippen LogP contribution in [0.3, 0.4) is 0 Å². The van der Waals surface area contributed by atoms with Crippen molar-refractivity contribution in [1.29, 1.82) is 0 Å². The molecule has 0 aromatic heterocycles. The maximum Gasteiger partial charge on any atom is 0.339 e. The second-order valence-electron chi connectivity index (χ2n) is 4.60. The summed E-state index contributed by atoms with van der Waals surface area (Å²) in [6, 6.07) is 0. The third-order valence-electron chi connectivity index (χ3n) is 3.10. The highest BCUT2D eigenvalue weighted by Crippen LogP contribution is 2.31. The highest BCUT2D eigenvalue weighted by Gasteiger charge is 2.44. The van der Waals surface area contributed by atoms with Crippen LogP contribution in [-0.4, -0.2) is 66.4 Å². The molecule has 0 aromatic rings. The molecule has 0 radical (unpaired) electrons. The van der Waals surface area contributed by atoms with Crippen LogP contribution in [0.1, 0.15) is 12.8 Å². The van der Waals surface area contributed by atoms with Crippen LogP contribution in [-0.2, 0) is 14.4 Å². The number of hydrogen-bond donors (Lipinski definition) is 6. The van der Waals surface area contributed by atoms with Gasteiger partial charge in [0.25, 0.3) is 0 Å². The van der Waals surface area contributed by atoms with Crippen molar-refractivity contribution in [2.45, 2.75) is 30.7 Å². The molecule has 0 unspecified atom stereocenters. The topological polar surface area (TPSA) is 173 Å². The maximum atomic E-state index is 10.9. The van der Waals surface area contributed by atoms with Gasteiger partial charge in [0.15, 0.2) is 11.5 Å². The van der Waals surface area contributed by atoms with Crippen LogP contribution in [0.25, 0.3) is 0 Å². The fraction of sp³-hybridized carbons (Fsp3) is 0.545.